The molecule has 4 heterocycles. The molecule has 0 bridgehead atoms. The lowest BCUT2D eigenvalue weighted by Crippen LogP contribution is -2.52. The number of halogens is 1. The molecule has 0 N–H and O–H groups in total. The average Bonchev–Trinajstić information content (AvgIpc) is 3.65. The SMILES string of the molecule is Cc1ccc(CN2C(=O)C3(c4ccccc42)c2c(oc4ccc(F)cc4c2=O)C(=O)N3Cc2ccc3c(c2)OCO3)cc1. The number of amides is 2. The Hall–Kier alpha value is -5.44. The van der Waals surface area contributed by atoms with E-state index in [2.05, 4.69) is 0 Å². The third-order valence-corrected chi connectivity index (χ3v) is 8.44. The van der Waals surface area contributed by atoms with Crippen LogP contribution >= 0.6 is 0 Å². The van der Waals surface area contributed by atoms with Gasteiger partial charge in [0.25, 0.3) is 11.8 Å². The van der Waals surface area contributed by atoms with E-state index in [0.29, 0.717) is 28.3 Å². The van der Waals surface area contributed by atoms with Crippen LogP contribution in [0.5, 0.6) is 11.5 Å². The van der Waals surface area contributed by atoms with Gasteiger partial charge in [-0.25, -0.2) is 4.39 Å². The van der Waals surface area contributed by atoms with Crippen LogP contribution < -0.4 is 19.8 Å². The van der Waals surface area contributed by atoms with Gasteiger partial charge in [0, 0.05) is 12.1 Å². The van der Waals surface area contributed by atoms with Gasteiger partial charge in [-0.2, -0.15) is 0 Å². The van der Waals surface area contributed by atoms with Crippen molar-refractivity contribution < 1.29 is 27.9 Å². The van der Waals surface area contributed by atoms with Crippen molar-refractivity contribution in [2.24, 2.45) is 0 Å². The first-order chi connectivity index (χ1) is 20.9. The summed E-state index contributed by atoms with van der Waals surface area (Å²) in [6.45, 7) is 2.24. The van der Waals surface area contributed by atoms with Crippen LogP contribution in [0, 0.1) is 12.7 Å². The van der Waals surface area contributed by atoms with Gasteiger partial charge in [-0.1, -0.05) is 54.1 Å². The molecule has 0 saturated carbocycles. The highest BCUT2D eigenvalue weighted by molar-refractivity contribution is 6.17. The molecule has 9 heteroatoms. The summed E-state index contributed by atoms with van der Waals surface area (Å²) in [5, 5.41) is -0.0434. The summed E-state index contributed by atoms with van der Waals surface area (Å²) in [5.74, 6) is -0.849. The Bertz CT molecular complexity index is 2070. The average molecular weight is 575 g/mol. The predicted octanol–water partition coefficient (Wildman–Crippen LogP) is 5.42. The number of carbonyl (C=O) groups excluding carboxylic acids is 2. The molecule has 5 aromatic rings. The van der Waals surface area contributed by atoms with Crippen molar-refractivity contribution in [3.05, 3.63) is 135 Å². The van der Waals surface area contributed by atoms with E-state index in [1.807, 2.05) is 37.3 Å². The Balaban J connectivity index is 1.38. The van der Waals surface area contributed by atoms with Gasteiger partial charge >= 0.3 is 0 Å². The number of fused-ring (bicyclic) bond motifs is 6. The van der Waals surface area contributed by atoms with Crippen LogP contribution in [-0.4, -0.2) is 23.5 Å². The highest BCUT2D eigenvalue weighted by atomic mass is 19.1. The van der Waals surface area contributed by atoms with Gasteiger partial charge in [0.15, 0.2) is 22.5 Å². The van der Waals surface area contributed by atoms with Crippen molar-refractivity contribution in [2.45, 2.75) is 25.6 Å². The van der Waals surface area contributed by atoms with E-state index >= 15 is 0 Å². The quantitative estimate of drug-likeness (QED) is 0.285. The Morgan fingerprint density at radius 2 is 1.60 bits per heavy atom. The summed E-state index contributed by atoms with van der Waals surface area (Å²) in [7, 11) is 0. The minimum absolute atomic E-state index is 0.0394. The molecule has 1 spiro atoms. The molecule has 4 aromatic carbocycles. The van der Waals surface area contributed by atoms with Gasteiger partial charge in [-0.3, -0.25) is 14.4 Å². The van der Waals surface area contributed by atoms with Crippen molar-refractivity contribution in [1.82, 2.24) is 4.90 Å². The van der Waals surface area contributed by atoms with Gasteiger partial charge in [0.1, 0.15) is 11.4 Å². The number of aryl methyl sites for hydroxylation is 1. The molecular formula is C34H23FN2O6. The molecule has 212 valence electrons. The monoisotopic (exact) mass is 574 g/mol. The third-order valence-electron chi connectivity index (χ3n) is 8.44. The molecule has 3 aliphatic heterocycles. The Morgan fingerprint density at radius 1 is 0.837 bits per heavy atom. The molecular weight excluding hydrogens is 551 g/mol. The zero-order valence-corrected chi connectivity index (χ0v) is 22.9. The van der Waals surface area contributed by atoms with E-state index < -0.39 is 28.6 Å². The number of ether oxygens (including phenoxy) is 2. The standard InChI is InChI=1S/C34H23FN2O6/c1-19-6-8-20(9-7-19)16-36-25-5-3-2-4-24(25)34(33(36)40)29-30(38)23-15-22(35)11-13-26(23)43-31(29)32(39)37(34)17-21-10-12-27-28(14-21)42-18-41-27/h2-15H,16-18H2,1H3. The summed E-state index contributed by atoms with van der Waals surface area (Å²) in [4.78, 5) is 46.5. The van der Waals surface area contributed by atoms with Gasteiger partial charge in [-0.15, -0.1) is 0 Å². The second-order valence-corrected chi connectivity index (χ2v) is 11.0. The van der Waals surface area contributed by atoms with Crippen LogP contribution in [0.15, 0.2) is 94.1 Å². The van der Waals surface area contributed by atoms with Crippen molar-refractivity contribution in [2.75, 3.05) is 11.7 Å². The highest BCUT2D eigenvalue weighted by Crippen LogP contribution is 2.53. The van der Waals surface area contributed by atoms with Crippen molar-refractivity contribution >= 4 is 28.5 Å². The fraction of sp³-hybridized carbons (Fsp3) is 0.147. The van der Waals surface area contributed by atoms with E-state index in [-0.39, 0.29) is 42.2 Å². The molecule has 1 atom stereocenters. The maximum atomic E-state index is 14.9. The summed E-state index contributed by atoms with van der Waals surface area (Å²) in [5.41, 5.74) is 1.15. The second kappa shape index (κ2) is 9.03. The first-order valence-corrected chi connectivity index (χ1v) is 13.8. The van der Waals surface area contributed by atoms with Crippen LogP contribution in [0.2, 0.25) is 0 Å². The van der Waals surface area contributed by atoms with E-state index in [9.17, 15) is 18.8 Å². The topological polar surface area (TPSA) is 89.3 Å². The zero-order chi connectivity index (χ0) is 29.5. The lowest BCUT2D eigenvalue weighted by molar-refractivity contribution is -0.126. The molecule has 0 aliphatic carbocycles. The molecule has 2 amide bonds. The molecule has 1 aromatic heterocycles. The fourth-order valence-electron chi connectivity index (χ4n) is 6.44. The molecule has 3 aliphatic rings. The Morgan fingerprint density at radius 3 is 2.44 bits per heavy atom. The van der Waals surface area contributed by atoms with Crippen LogP contribution in [-0.2, 0) is 23.4 Å². The van der Waals surface area contributed by atoms with Crippen LogP contribution in [0.1, 0.15) is 38.4 Å². The predicted molar refractivity (Wildman–Crippen MR) is 154 cm³/mol. The molecule has 43 heavy (non-hydrogen) atoms. The van der Waals surface area contributed by atoms with Gasteiger partial charge < -0.3 is 23.7 Å². The number of anilines is 1. The summed E-state index contributed by atoms with van der Waals surface area (Å²) in [6.07, 6.45) is 0. The van der Waals surface area contributed by atoms with Gasteiger partial charge in [-0.05, 0) is 54.4 Å². The number of carbonyl (C=O) groups is 2. The number of para-hydroxylation sites is 1. The minimum atomic E-state index is -1.84. The smallest absolute Gasteiger partial charge is 0.291 e. The number of hydrogen-bond acceptors (Lipinski definition) is 6. The Labute approximate surface area is 244 Å². The lowest BCUT2D eigenvalue weighted by Gasteiger charge is -2.34. The first kappa shape index (κ1) is 25.3. The van der Waals surface area contributed by atoms with E-state index in [4.69, 9.17) is 13.9 Å². The Kier molecular flexibility index (Phi) is 5.31. The van der Waals surface area contributed by atoms with Crippen molar-refractivity contribution in [1.29, 1.82) is 0 Å². The number of benzene rings is 4. The second-order valence-electron chi connectivity index (χ2n) is 11.0. The zero-order valence-electron chi connectivity index (χ0n) is 22.9. The van der Waals surface area contributed by atoms with Gasteiger partial charge in [0.2, 0.25) is 12.6 Å². The van der Waals surface area contributed by atoms with Crippen molar-refractivity contribution in [3.63, 3.8) is 0 Å². The number of rotatable bonds is 4. The number of hydrogen-bond donors (Lipinski definition) is 0. The maximum absolute atomic E-state index is 14.9. The maximum Gasteiger partial charge on any atom is 0.291 e. The molecule has 0 fully saturated rings. The summed E-state index contributed by atoms with van der Waals surface area (Å²) in [6, 6.07) is 23.8. The van der Waals surface area contributed by atoms with E-state index in [1.165, 1.54) is 11.0 Å². The fourth-order valence-corrected chi connectivity index (χ4v) is 6.44. The largest absolute Gasteiger partial charge is 0.454 e. The van der Waals surface area contributed by atoms with E-state index in [1.54, 1.807) is 41.3 Å². The first-order valence-electron chi connectivity index (χ1n) is 13.8. The normalized spacial score (nSPS) is 18.2. The van der Waals surface area contributed by atoms with Crippen LogP contribution in [0.4, 0.5) is 10.1 Å². The minimum Gasteiger partial charge on any atom is -0.454 e. The van der Waals surface area contributed by atoms with Crippen LogP contribution in [0.3, 0.4) is 0 Å². The summed E-state index contributed by atoms with van der Waals surface area (Å²) < 4.78 is 31.4. The van der Waals surface area contributed by atoms with Crippen LogP contribution in [0.25, 0.3) is 11.0 Å². The third kappa shape index (κ3) is 3.51. The molecule has 8 rings (SSSR count). The molecule has 0 radical (unpaired) electrons. The molecule has 8 nitrogen and oxygen atoms in total. The van der Waals surface area contributed by atoms with Crippen molar-refractivity contribution in [3.8, 4) is 11.5 Å². The summed E-state index contributed by atoms with van der Waals surface area (Å²) >= 11 is 0. The number of nitrogens with zero attached hydrogens (tertiary/aromatic N) is 2. The molecule has 1 unspecified atom stereocenters. The van der Waals surface area contributed by atoms with Gasteiger partial charge in [0.05, 0.1) is 23.2 Å². The lowest BCUT2D eigenvalue weighted by atomic mass is 9.83. The highest BCUT2D eigenvalue weighted by Gasteiger charge is 2.65. The molecule has 0 saturated heterocycles. The van der Waals surface area contributed by atoms with E-state index in [0.717, 1.165) is 23.3 Å².